The monoisotopic (exact) mass is 485 g/mol. The largest absolute Gasteiger partial charge is 0.370 e. The molecule has 9 heteroatoms. The van der Waals surface area contributed by atoms with Gasteiger partial charge in [-0.05, 0) is 30.2 Å². The lowest BCUT2D eigenvalue weighted by atomic mass is 9.96. The zero-order valence-corrected chi connectivity index (χ0v) is 20.2. The Morgan fingerprint density at radius 2 is 1.76 bits per heavy atom. The van der Waals surface area contributed by atoms with Crippen molar-refractivity contribution in [1.82, 2.24) is 20.0 Å². The van der Waals surface area contributed by atoms with Crippen LogP contribution < -0.4 is 5.32 Å². The summed E-state index contributed by atoms with van der Waals surface area (Å²) in [6.07, 6.45) is 0. The van der Waals surface area contributed by atoms with E-state index in [0.717, 1.165) is 42.8 Å². The molecule has 0 aliphatic carbocycles. The Kier molecular flexibility index (Phi) is 8.41. The van der Waals surface area contributed by atoms with Gasteiger partial charge >= 0.3 is 0 Å². The molecule has 1 N–H and O–H groups in total. The number of hydrogen-bond donors (Lipinski definition) is 1. The highest BCUT2D eigenvalue weighted by molar-refractivity contribution is 7.15. The van der Waals surface area contributed by atoms with E-state index in [4.69, 9.17) is 16.3 Å². The second-order valence-electron chi connectivity index (χ2n) is 7.97. The van der Waals surface area contributed by atoms with Gasteiger partial charge in [-0.15, -0.1) is 10.2 Å². The van der Waals surface area contributed by atoms with Crippen LogP contribution in [0.4, 0.5) is 5.13 Å². The fraction of sp³-hybridized carbons (Fsp3) is 0.375. The number of ether oxygens (including phenoxy) is 1. The lowest BCUT2D eigenvalue weighted by Gasteiger charge is -2.39. The van der Waals surface area contributed by atoms with E-state index >= 15 is 0 Å². The van der Waals surface area contributed by atoms with E-state index in [0.29, 0.717) is 11.7 Å². The van der Waals surface area contributed by atoms with Crippen LogP contribution in [-0.4, -0.2) is 71.8 Å². The van der Waals surface area contributed by atoms with Crippen LogP contribution in [0.15, 0.2) is 54.6 Å². The molecule has 33 heavy (non-hydrogen) atoms. The van der Waals surface area contributed by atoms with Gasteiger partial charge in [-0.1, -0.05) is 65.4 Å². The summed E-state index contributed by atoms with van der Waals surface area (Å²) in [5.74, 6) is -0.204. The van der Waals surface area contributed by atoms with Crippen molar-refractivity contribution in [2.75, 3.05) is 51.3 Å². The molecule has 0 bridgehead atoms. The van der Waals surface area contributed by atoms with Gasteiger partial charge in [0.1, 0.15) is 11.6 Å². The van der Waals surface area contributed by atoms with Gasteiger partial charge in [-0.3, -0.25) is 19.9 Å². The number of halogens is 1. The summed E-state index contributed by atoms with van der Waals surface area (Å²) in [6, 6.07) is 19.0. The number of aromatic nitrogens is 2. The van der Waals surface area contributed by atoms with Crippen molar-refractivity contribution in [3.05, 3.63) is 75.8 Å². The number of rotatable bonds is 9. The average molecular weight is 486 g/mol. The van der Waals surface area contributed by atoms with E-state index in [-0.39, 0.29) is 18.6 Å². The van der Waals surface area contributed by atoms with Gasteiger partial charge in [0.2, 0.25) is 5.13 Å². The molecule has 1 amide bonds. The predicted octanol–water partition coefficient (Wildman–Crippen LogP) is 3.86. The first-order valence-electron chi connectivity index (χ1n) is 11.0. The molecule has 0 radical (unpaired) electrons. The van der Waals surface area contributed by atoms with Crippen molar-refractivity contribution in [1.29, 1.82) is 0 Å². The summed E-state index contributed by atoms with van der Waals surface area (Å²) in [4.78, 5) is 16.9. The molecular formula is C24H28ClN5O2S. The number of nitrogens with zero attached hydrogens (tertiary/aromatic N) is 4. The quantitative estimate of drug-likeness (QED) is 0.464. The minimum absolute atomic E-state index is 0.0191. The normalized spacial score (nSPS) is 15.9. The number of carbonyl (C=O) groups is 1. The van der Waals surface area contributed by atoms with Crippen LogP contribution in [0.5, 0.6) is 0 Å². The van der Waals surface area contributed by atoms with Gasteiger partial charge in [0.05, 0.1) is 12.6 Å². The van der Waals surface area contributed by atoms with Gasteiger partial charge in [0.15, 0.2) is 0 Å². The van der Waals surface area contributed by atoms with Crippen molar-refractivity contribution in [3.8, 4) is 0 Å². The molecule has 1 aliphatic rings. The summed E-state index contributed by atoms with van der Waals surface area (Å²) >= 11 is 7.47. The Bertz CT molecular complexity index is 1020. The maximum absolute atomic E-state index is 12.0. The van der Waals surface area contributed by atoms with E-state index in [1.807, 2.05) is 19.1 Å². The van der Waals surface area contributed by atoms with Crippen LogP contribution in [0.2, 0.25) is 5.02 Å². The summed E-state index contributed by atoms with van der Waals surface area (Å²) in [7, 11) is 0. The van der Waals surface area contributed by atoms with Crippen LogP contribution in [0.3, 0.4) is 0 Å². The lowest BCUT2D eigenvalue weighted by molar-refractivity contribution is -0.120. The zero-order valence-electron chi connectivity index (χ0n) is 18.6. The topological polar surface area (TPSA) is 70.6 Å². The maximum atomic E-state index is 12.0. The molecule has 1 aliphatic heterocycles. The third-order valence-corrected chi connectivity index (χ3v) is 6.64. The van der Waals surface area contributed by atoms with Crippen LogP contribution in [-0.2, 0) is 9.53 Å². The highest BCUT2D eigenvalue weighted by Crippen LogP contribution is 2.30. The predicted molar refractivity (Wildman–Crippen MR) is 132 cm³/mol. The smallest absolute Gasteiger partial charge is 0.252 e. The van der Waals surface area contributed by atoms with Crippen molar-refractivity contribution >= 4 is 34.0 Å². The molecule has 1 aromatic heterocycles. The number of nitrogens with one attached hydrogen (secondary N) is 1. The van der Waals surface area contributed by atoms with E-state index < -0.39 is 0 Å². The minimum Gasteiger partial charge on any atom is -0.370 e. The first kappa shape index (κ1) is 23.8. The first-order valence-corrected chi connectivity index (χ1v) is 12.2. The number of hydrogen-bond acceptors (Lipinski definition) is 7. The molecule has 3 aromatic rings. The van der Waals surface area contributed by atoms with E-state index in [1.54, 1.807) is 0 Å². The molecule has 1 unspecified atom stereocenters. The Morgan fingerprint density at radius 3 is 2.42 bits per heavy atom. The molecule has 1 fully saturated rings. The molecule has 0 saturated carbocycles. The second kappa shape index (κ2) is 11.7. The number of aryl methyl sites for hydroxylation is 1. The molecule has 1 saturated heterocycles. The summed E-state index contributed by atoms with van der Waals surface area (Å²) < 4.78 is 5.58. The Morgan fingerprint density at radius 1 is 1.06 bits per heavy atom. The van der Waals surface area contributed by atoms with E-state index in [1.165, 1.54) is 22.5 Å². The van der Waals surface area contributed by atoms with Crippen molar-refractivity contribution in [2.45, 2.75) is 13.0 Å². The zero-order chi connectivity index (χ0) is 23.0. The molecule has 7 nitrogen and oxygen atoms in total. The van der Waals surface area contributed by atoms with Crippen molar-refractivity contribution in [3.63, 3.8) is 0 Å². The van der Waals surface area contributed by atoms with Crippen LogP contribution in [0, 0.1) is 6.92 Å². The molecular weight excluding hydrogens is 458 g/mol. The van der Waals surface area contributed by atoms with Crippen LogP contribution in [0.1, 0.15) is 22.2 Å². The molecule has 2 heterocycles. The molecule has 0 spiro atoms. The number of anilines is 1. The van der Waals surface area contributed by atoms with Gasteiger partial charge in [-0.25, -0.2) is 0 Å². The Labute approximate surface area is 203 Å². The van der Waals surface area contributed by atoms with Crippen LogP contribution >= 0.6 is 22.9 Å². The maximum Gasteiger partial charge on any atom is 0.252 e. The number of benzene rings is 2. The molecule has 1 atom stereocenters. The number of amides is 1. The van der Waals surface area contributed by atoms with Gasteiger partial charge in [-0.2, -0.15) is 0 Å². The molecule has 4 rings (SSSR count). The summed E-state index contributed by atoms with van der Waals surface area (Å²) in [6.45, 7) is 7.01. The highest BCUT2D eigenvalue weighted by Gasteiger charge is 2.26. The van der Waals surface area contributed by atoms with Crippen molar-refractivity contribution in [2.24, 2.45) is 0 Å². The average Bonchev–Trinajstić information content (AvgIpc) is 3.24. The van der Waals surface area contributed by atoms with Gasteiger partial charge in [0.25, 0.3) is 5.91 Å². The second-order valence-corrected chi connectivity index (χ2v) is 9.59. The van der Waals surface area contributed by atoms with E-state index in [2.05, 4.69) is 67.8 Å². The Hall–Kier alpha value is -2.36. The highest BCUT2D eigenvalue weighted by atomic mass is 35.5. The van der Waals surface area contributed by atoms with Crippen LogP contribution in [0.25, 0.3) is 0 Å². The summed E-state index contributed by atoms with van der Waals surface area (Å²) in [5, 5.41) is 12.6. The fourth-order valence-corrected chi connectivity index (χ4v) is 4.73. The standard InChI is InChI=1S/C24H28ClN5O2S/c1-18-27-28-24(33-18)26-22(31)17-32-16-15-29-11-13-30(14-12-29)23(19-5-3-2-4-6-19)20-7-9-21(25)10-8-20/h2-10,23H,11-17H2,1H3,(H,26,28,31). The summed E-state index contributed by atoms with van der Waals surface area (Å²) in [5.41, 5.74) is 2.53. The minimum atomic E-state index is -0.204. The number of piperazine rings is 1. The van der Waals surface area contributed by atoms with E-state index in [9.17, 15) is 4.79 Å². The van der Waals surface area contributed by atoms with Crippen molar-refractivity contribution < 1.29 is 9.53 Å². The van der Waals surface area contributed by atoms with Gasteiger partial charge in [0, 0.05) is 37.7 Å². The molecule has 174 valence electrons. The van der Waals surface area contributed by atoms with Gasteiger partial charge < -0.3 is 4.74 Å². The Balaban J connectivity index is 1.24. The molecule has 2 aromatic carbocycles. The number of carbonyl (C=O) groups excluding carboxylic acids is 1. The SMILES string of the molecule is Cc1nnc(NC(=O)COCCN2CCN(C(c3ccccc3)c3ccc(Cl)cc3)CC2)s1. The fourth-order valence-electron chi connectivity index (χ4n) is 4.00. The third-order valence-electron chi connectivity index (χ3n) is 5.63. The first-order chi connectivity index (χ1) is 16.1. The third kappa shape index (κ3) is 6.82. The lowest BCUT2D eigenvalue weighted by Crippen LogP contribution is -2.48.